The summed E-state index contributed by atoms with van der Waals surface area (Å²) in [5.41, 5.74) is 0.286. The van der Waals surface area contributed by atoms with E-state index in [2.05, 4.69) is 15.3 Å². The van der Waals surface area contributed by atoms with Gasteiger partial charge in [0.25, 0.3) is 0 Å². The number of aliphatic hydroxyl groups is 1. The molecule has 1 aliphatic rings. The van der Waals surface area contributed by atoms with Crippen LogP contribution < -0.4 is 5.32 Å². The zero-order valence-electron chi connectivity index (χ0n) is 13.2. The third-order valence-corrected chi connectivity index (χ3v) is 4.25. The van der Waals surface area contributed by atoms with Gasteiger partial charge in [-0.05, 0) is 26.9 Å². The highest BCUT2D eigenvalue weighted by molar-refractivity contribution is 5.77. The maximum absolute atomic E-state index is 12.1. The van der Waals surface area contributed by atoms with E-state index < -0.39 is 5.60 Å². The Morgan fingerprint density at radius 1 is 1.52 bits per heavy atom. The normalized spacial score (nSPS) is 18.9. The van der Waals surface area contributed by atoms with Crippen molar-refractivity contribution in [2.24, 2.45) is 7.05 Å². The number of nitrogens with zero attached hydrogens (tertiary/aromatic N) is 3. The number of hydrogen-bond donors (Lipinski definition) is 2. The van der Waals surface area contributed by atoms with Gasteiger partial charge in [0.15, 0.2) is 0 Å². The summed E-state index contributed by atoms with van der Waals surface area (Å²) < 4.78 is 1.76. The highest BCUT2D eigenvalue weighted by Gasteiger charge is 2.33. The van der Waals surface area contributed by atoms with Crippen LogP contribution in [0.1, 0.15) is 43.7 Å². The third kappa shape index (κ3) is 4.28. The molecule has 0 radical (unpaired) electrons. The molecule has 1 heterocycles. The van der Waals surface area contributed by atoms with Gasteiger partial charge in [-0.25, -0.2) is 0 Å². The van der Waals surface area contributed by atoms with Gasteiger partial charge in [0, 0.05) is 25.4 Å². The van der Waals surface area contributed by atoms with Crippen LogP contribution in [-0.4, -0.2) is 51.9 Å². The van der Waals surface area contributed by atoms with Gasteiger partial charge >= 0.3 is 0 Å². The second-order valence-electron chi connectivity index (χ2n) is 6.34. The molecule has 1 unspecified atom stereocenters. The van der Waals surface area contributed by atoms with E-state index in [1.807, 2.05) is 33.5 Å². The lowest BCUT2D eigenvalue weighted by molar-refractivity contribution is -0.126. The molecule has 1 aromatic heterocycles. The van der Waals surface area contributed by atoms with Crippen LogP contribution in [0.4, 0.5) is 0 Å². The molecule has 6 nitrogen and oxygen atoms in total. The summed E-state index contributed by atoms with van der Waals surface area (Å²) >= 11 is 0. The van der Waals surface area contributed by atoms with Crippen molar-refractivity contribution in [2.75, 3.05) is 20.6 Å². The van der Waals surface area contributed by atoms with Crippen molar-refractivity contribution in [3.8, 4) is 0 Å². The molecule has 21 heavy (non-hydrogen) atoms. The molecule has 118 valence electrons. The predicted molar refractivity (Wildman–Crippen MR) is 80.7 cm³/mol. The summed E-state index contributed by atoms with van der Waals surface area (Å²) in [5, 5.41) is 17.4. The zero-order chi connectivity index (χ0) is 15.5. The monoisotopic (exact) mass is 294 g/mol. The van der Waals surface area contributed by atoms with E-state index in [0.717, 1.165) is 31.2 Å². The highest BCUT2D eigenvalue weighted by atomic mass is 16.3. The number of carbonyl (C=O) groups excluding carboxylic acids is 1. The molecule has 1 aliphatic carbocycles. The van der Waals surface area contributed by atoms with Crippen molar-refractivity contribution >= 4 is 5.91 Å². The van der Waals surface area contributed by atoms with E-state index in [0.29, 0.717) is 6.54 Å². The molecule has 0 aliphatic heterocycles. The van der Waals surface area contributed by atoms with Gasteiger partial charge in [0.05, 0.1) is 24.3 Å². The fraction of sp³-hybridized carbons (Fsp3) is 0.733. The van der Waals surface area contributed by atoms with E-state index in [1.54, 1.807) is 4.68 Å². The standard InChI is InChI=1S/C15H26N4O2/c1-18(2)13(12-9-17-19(3)11-12)10-16-14(20)8-15(21)6-4-5-7-15/h9,11,13,21H,4-8,10H2,1-3H3,(H,16,20). The molecule has 0 saturated heterocycles. The Labute approximate surface area is 126 Å². The van der Waals surface area contributed by atoms with Crippen LogP contribution in [0.25, 0.3) is 0 Å². The maximum atomic E-state index is 12.1. The number of aryl methyl sites for hydroxylation is 1. The largest absolute Gasteiger partial charge is 0.389 e. The van der Waals surface area contributed by atoms with Crippen LogP contribution in [0.5, 0.6) is 0 Å². The van der Waals surface area contributed by atoms with Crippen LogP contribution in [0.15, 0.2) is 12.4 Å². The average molecular weight is 294 g/mol. The summed E-state index contributed by atoms with van der Waals surface area (Å²) in [4.78, 5) is 14.1. The Morgan fingerprint density at radius 2 is 2.19 bits per heavy atom. The number of carbonyl (C=O) groups is 1. The molecule has 2 rings (SSSR count). The van der Waals surface area contributed by atoms with Crippen molar-refractivity contribution < 1.29 is 9.90 Å². The van der Waals surface area contributed by atoms with Gasteiger partial charge in [-0.2, -0.15) is 5.10 Å². The Morgan fingerprint density at radius 3 is 2.71 bits per heavy atom. The Bertz CT molecular complexity index is 478. The number of nitrogens with one attached hydrogen (secondary N) is 1. The number of likely N-dealkylation sites (N-methyl/N-ethyl adjacent to an activating group) is 1. The lowest BCUT2D eigenvalue weighted by atomic mass is 9.97. The quantitative estimate of drug-likeness (QED) is 0.815. The lowest BCUT2D eigenvalue weighted by Gasteiger charge is -2.25. The lowest BCUT2D eigenvalue weighted by Crippen LogP contribution is -2.38. The molecule has 0 aromatic carbocycles. The molecular weight excluding hydrogens is 268 g/mol. The minimum Gasteiger partial charge on any atom is -0.389 e. The van der Waals surface area contributed by atoms with Gasteiger partial charge in [0.2, 0.25) is 5.91 Å². The van der Waals surface area contributed by atoms with Crippen molar-refractivity contribution in [1.82, 2.24) is 20.0 Å². The highest BCUT2D eigenvalue weighted by Crippen LogP contribution is 2.32. The third-order valence-electron chi connectivity index (χ3n) is 4.25. The SMILES string of the molecule is CN(C)C(CNC(=O)CC1(O)CCCC1)c1cnn(C)c1. The van der Waals surface area contributed by atoms with E-state index >= 15 is 0 Å². The summed E-state index contributed by atoms with van der Waals surface area (Å²) in [5.74, 6) is -0.0739. The second-order valence-corrected chi connectivity index (χ2v) is 6.34. The molecule has 1 saturated carbocycles. The van der Waals surface area contributed by atoms with E-state index in [9.17, 15) is 9.90 Å². The van der Waals surface area contributed by atoms with Crippen LogP contribution in [0.3, 0.4) is 0 Å². The predicted octanol–water partition coefficient (Wildman–Crippen LogP) is 0.834. The van der Waals surface area contributed by atoms with E-state index in [-0.39, 0.29) is 18.4 Å². The Hall–Kier alpha value is -1.40. The van der Waals surface area contributed by atoms with Crippen LogP contribution in [0.2, 0.25) is 0 Å². The molecule has 1 fully saturated rings. The molecule has 2 N–H and O–H groups in total. The minimum absolute atomic E-state index is 0.0739. The molecular formula is C15H26N4O2. The number of hydrogen-bond acceptors (Lipinski definition) is 4. The molecule has 0 bridgehead atoms. The van der Waals surface area contributed by atoms with Gasteiger partial charge in [0.1, 0.15) is 0 Å². The smallest absolute Gasteiger partial charge is 0.222 e. The topological polar surface area (TPSA) is 70.4 Å². The molecule has 1 amide bonds. The Balaban J connectivity index is 1.88. The van der Waals surface area contributed by atoms with Crippen LogP contribution >= 0.6 is 0 Å². The molecule has 6 heteroatoms. The fourth-order valence-electron chi connectivity index (χ4n) is 2.99. The fourth-order valence-corrected chi connectivity index (χ4v) is 2.99. The van der Waals surface area contributed by atoms with Gasteiger partial charge < -0.3 is 15.3 Å². The van der Waals surface area contributed by atoms with Crippen molar-refractivity contribution in [2.45, 2.75) is 43.7 Å². The molecule has 0 spiro atoms. The maximum Gasteiger partial charge on any atom is 0.222 e. The van der Waals surface area contributed by atoms with Crippen molar-refractivity contribution in [3.05, 3.63) is 18.0 Å². The van der Waals surface area contributed by atoms with Crippen molar-refractivity contribution in [3.63, 3.8) is 0 Å². The van der Waals surface area contributed by atoms with E-state index in [1.165, 1.54) is 0 Å². The van der Waals surface area contributed by atoms with E-state index in [4.69, 9.17) is 0 Å². The second kappa shape index (κ2) is 6.58. The van der Waals surface area contributed by atoms with Gasteiger partial charge in [-0.1, -0.05) is 12.8 Å². The average Bonchev–Trinajstić information content (AvgIpc) is 2.98. The first kappa shape index (κ1) is 16.0. The Kier molecular flexibility index (Phi) is 5.00. The number of amides is 1. The van der Waals surface area contributed by atoms with Crippen molar-refractivity contribution in [1.29, 1.82) is 0 Å². The van der Waals surface area contributed by atoms with Gasteiger partial charge in [-0.3, -0.25) is 9.48 Å². The summed E-state index contributed by atoms with van der Waals surface area (Å²) in [7, 11) is 5.84. The minimum atomic E-state index is -0.786. The molecule has 1 atom stereocenters. The molecule has 1 aromatic rings. The summed E-state index contributed by atoms with van der Waals surface area (Å²) in [6.07, 6.45) is 7.49. The summed E-state index contributed by atoms with van der Waals surface area (Å²) in [6, 6.07) is 0.0841. The first-order valence-electron chi connectivity index (χ1n) is 7.54. The van der Waals surface area contributed by atoms with Crippen LogP contribution in [0, 0.1) is 0 Å². The summed E-state index contributed by atoms with van der Waals surface area (Å²) in [6.45, 7) is 0.521. The first-order valence-corrected chi connectivity index (χ1v) is 7.54. The van der Waals surface area contributed by atoms with Gasteiger partial charge in [-0.15, -0.1) is 0 Å². The number of rotatable bonds is 6. The van der Waals surface area contributed by atoms with Crippen LogP contribution in [-0.2, 0) is 11.8 Å². The zero-order valence-corrected chi connectivity index (χ0v) is 13.2. The first-order chi connectivity index (χ1) is 9.89. The number of aromatic nitrogens is 2.